The summed E-state index contributed by atoms with van der Waals surface area (Å²) in [6.45, 7) is 5.42. The Kier molecular flexibility index (Phi) is 8.06. The molecule has 1 fully saturated rings. The van der Waals surface area contributed by atoms with E-state index in [0.29, 0.717) is 21.2 Å². The number of thioether (sulfide) groups is 2. The molecule has 13 nitrogen and oxygen atoms in total. The van der Waals surface area contributed by atoms with Gasteiger partial charge in [0.25, 0.3) is 17.5 Å². The van der Waals surface area contributed by atoms with Crippen molar-refractivity contribution in [3.8, 4) is 0 Å². The number of urea groups is 1. The van der Waals surface area contributed by atoms with E-state index in [0.717, 1.165) is 4.90 Å². The Bertz CT molecular complexity index is 1240. The quantitative estimate of drug-likeness (QED) is 0.166. The number of nitrogens with zero attached hydrogens (tertiary/aromatic N) is 3. The molecular formula is C22H27N7O6S3. The van der Waals surface area contributed by atoms with Crippen LogP contribution in [0, 0.1) is 0 Å². The lowest BCUT2D eigenvalue weighted by molar-refractivity contribution is -0.192. The van der Waals surface area contributed by atoms with Crippen molar-refractivity contribution < 1.29 is 29.0 Å². The number of aromatic amines is 1. The Morgan fingerprint density at radius 3 is 2.74 bits per heavy atom. The summed E-state index contributed by atoms with van der Waals surface area (Å²) in [4.78, 5) is 53.4. The van der Waals surface area contributed by atoms with Gasteiger partial charge >= 0.3 is 12.0 Å². The summed E-state index contributed by atoms with van der Waals surface area (Å²) in [5, 5.41) is 29.7. The van der Waals surface area contributed by atoms with Gasteiger partial charge in [0, 0.05) is 29.0 Å². The predicted octanol–water partition coefficient (Wildman–Crippen LogP) is 1.51. The minimum Gasteiger partial charge on any atom is -0.477 e. The number of β-lactam (4-membered cyclic amide) rings is 1. The van der Waals surface area contributed by atoms with Crippen LogP contribution in [-0.4, -0.2) is 84.5 Å². The van der Waals surface area contributed by atoms with Crippen LogP contribution in [0.4, 0.5) is 4.79 Å². The molecule has 5 N–H and O–H groups in total. The molecule has 2 aliphatic heterocycles. The number of rotatable bonds is 9. The lowest BCUT2D eigenvalue weighted by Crippen LogP contribution is -2.81. The van der Waals surface area contributed by atoms with Crippen LogP contribution in [0.25, 0.3) is 0 Å². The van der Waals surface area contributed by atoms with E-state index in [1.807, 2.05) is 0 Å². The third kappa shape index (κ3) is 5.52. The van der Waals surface area contributed by atoms with Gasteiger partial charge in [-0.1, -0.05) is 17.8 Å². The number of hydrogen-bond donors (Lipinski definition) is 5. The first-order valence-electron chi connectivity index (χ1n) is 11.3. The third-order valence-electron chi connectivity index (χ3n) is 5.58. The number of thiophene rings is 1. The van der Waals surface area contributed by atoms with Gasteiger partial charge in [0.05, 0.1) is 6.20 Å². The molecule has 0 radical (unpaired) electrons. The highest BCUT2D eigenvalue weighted by molar-refractivity contribution is 8.01. The first-order chi connectivity index (χ1) is 18.0. The average molecular weight is 582 g/mol. The number of aliphatic carboxylic acids is 1. The average Bonchev–Trinajstić information content (AvgIpc) is 3.57. The first kappa shape index (κ1) is 27.9. The number of aromatic nitrogens is 3. The minimum atomic E-state index is -1.80. The fourth-order valence-corrected chi connectivity index (χ4v) is 7.10. The van der Waals surface area contributed by atoms with Crippen molar-refractivity contribution >= 4 is 58.7 Å². The van der Waals surface area contributed by atoms with E-state index in [-0.39, 0.29) is 11.4 Å². The molecule has 0 aliphatic carbocycles. The van der Waals surface area contributed by atoms with Crippen molar-refractivity contribution in [3.05, 3.63) is 39.9 Å². The molecule has 4 heterocycles. The normalized spacial score (nSPS) is 21.8. The van der Waals surface area contributed by atoms with Crippen molar-refractivity contribution in [2.75, 3.05) is 18.6 Å². The van der Waals surface area contributed by atoms with Crippen LogP contribution in [0.1, 0.15) is 31.7 Å². The number of carbonyl (C=O) groups is 4. The van der Waals surface area contributed by atoms with E-state index in [1.165, 1.54) is 48.2 Å². The van der Waals surface area contributed by atoms with Crippen LogP contribution in [0.2, 0.25) is 0 Å². The number of amides is 4. The number of carbonyl (C=O) groups excluding carboxylic acids is 3. The summed E-state index contributed by atoms with van der Waals surface area (Å²) in [5.74, 6) is -2.05. The number of nitrogens with one attached hydrogen (secondary N) is 4. The molecule has 1 saturated heterocycles. The second kappa shape index (κ2) is 11.0. The maximum Gasteiger partial charge on any atom is 0.352 e. The third-order valence-corrected chi connectivity index (χ3v) is 8.88. The molecular weight excluding hydrogens is 554 g/mol. The van der Waals surface area contributed by atoms with Crippen molar-refractivity contribution in [1.29, 1.82) is 0 Å². The topological polar surface area (TPSA) is 179 Å². The molecule has 2 aromatic heterocycles. The van der Waals surface area contributed by atoms with Gasteiger partial charge in [-0.15, -0.1) is 28.2 Å². The summed E-state index contributed by atoms with van der Waals surface area (Å²) >= 11 is 3.83. The zero-order valence-electron chi connectivity index (χ0n) is 20.9. The fraction of sp³-hybridized carbons (Fsp3) is 0.455. The second-order valence-electron chi connectivity index (χ2n) is 9.42. The van der Waals surface area contributed by atoms with E-state index < -0.39 is 46.5 Å². The Morgan fingerprint density at radius 2 is 2.16 bits per heavy atom. The largest absolute Gasteiger partial charge is 0.477 e. The molecule has 38 heavy (non-hydrogen) atoms. The molecule has 0 aromatic carbocycles. The van der Waals surface area contributed by atoms with Crippen LogP contribution in [0.3, 0.4) is 0 Å². The van der Waals surface area contributed by atoms with Gasteiger partial charge < -0.3 is 25.8 Å². The highest BCUT2D eigenvalue weighted by atomic mass is 32.2. The molecule has 2 aromatic rings. The van der Waals surface area contributed by atoms with E-state index in [1.54, 1.807) is 38.3 Å². The van der Waals surface area contributed by atoms with Crippen molar-refractivity contribution in [3.63, 3.8) is 0 Å². The van der Waals surface area contributed by atoms with Gasteiger partial charge in [-0.05, 0) is 37.8 Å². The maximum absolute atomic E-state index is 13.5. The number of ether oxygens (including phenoxy) is 1. The predicted molar refractivity (Wildman–Crippen MR) is 141 cm³/mol. The number of hydrogen-bond acceptors (Lipinski definition) is 10. The Hall–Kier alpha value is -3.08. The zero-order valence-corrected chi connectivity index (χ0v) is 23.4. The number of H-pyrrole nitrogens is 1. The van der Waals surface area contributed by atoms with Crippen LogP contribution >= 0.6 is 34.9 Å². The van der Waals surface area contributed by atoms with Gasteiger partial charge in [-0.25, -0.2) is 9.59 Å². The van der Waals surface area contributed by atoms with Crippen molar-refractivity contribution in [2.45, 2.75) is 48.5 Å². The SMILES string of the molecule is CO[C@]1(NC(=O)C(NC(=O)NC(C)(C)C)c2cccs2)C(=O)N2C(C(=O)O)=C(CSc3cn[nH]n3)CSC21. The second-order valence-corrected chi connectivity index (χ2v) is 12.5. The Labute approximate surface area is 230 Å². The molecule has 0 spiro atoms. The van der Waals surface area contributed by atoms with Gasteiger partial charge in [0.15, 0.2) is 0 Å². The van der Waals surface area contributed by atoms with Crippen LogP contribution < -0.4 is 16.0 Å². The lowest BCUT2D eigenvalue weighted by Gasteiger charge is -2.56. The monoisotopic (exact) mass is 581 g/mol. The number of carboxylic acid groups (broad SMARTS) is 1. The molecule has 3 atom stereocenters. The van der Waals surface area contributed by atoms with Crippen LogP contribution in [0.5, 0.6) is 0 Å². The van der Waals surface area contributed by atoms with Crippen LogP contribution in [-0.2, 0) is 19.1 Å². The van der Waals surface area contributed by atoms with Crippen molar-refractivity contribution in [2.24, 2.45) is 0 Å². The maximum atomic E-state index is 13.5. The van der Waals surface area contributed by atoms with E-state index in [9.17, 15) is 24.3 Å². The summed E-state index contributed by atoms with van der Waals surface area (Å²) in [5.41, 5.74) is -1.95. The van der Waals surface area contributed by atoms with Crippen molar-refractivity contribution in [1.82, 2.24) is 36.3 Å². The number of carboxylic acids is 1. The van der Waals surface area contributed by atoms with Gasteiger partial charge in [-0.2, -0.15) is 10.3 Å². The Balaban J connectivity index is 1.55. The van der Waals surface area contributed by atoms with Gasteiger partial charge in [-0.3, -0.25) is 14.5 Å². The number of fused-ring (bicyclic) bond motifs is 1. The standard InChI is InChI=1S/C22H27N7O6S3/c1-21(2,3)26-20(34)24-14(12-6-5-7-36-12)16(30)25-22(35-4)18(33)29-15(17(31)32)11(10-38-19(22)29)9-37-13-8-23-28-27-13/h5-8,14,19H,9-10H2,1-4H3,(H,25,30)(H,31,32)(H,23,27,28)(H2,24,26,34)/t14?,19?,22-/m1/s1. The summed E-state index contributed by atoms with van der Waals surface area (Å²) in [6, 6.07) is 1.77. The minimum absolute atomic E-state index is 0.144. The molecule has 16 heteroatoms. The molecule has 4 amide bonds. The fourth-order valence-electron chi connectivity index (χ4n) is 3.96. The van der Waals surface area contributed by atoms with E-state index in [4.69, 9.17) is 4.74 Å². The van der Waals surface area contributed by atoms with Crippen LogP contribution in [0.15, 0.2) is 40.0 Å². The van der Waals surface area contributed by atoms with E-state index >= 15 is 0 Å². The molecule has 0 saturated carbocycles. The van der Waals surface area contributed by atoms with E-state index in [2.05, 4.69) is 31.4 Å². The zero-order chi connectivity index (χ0) is 27.7. The lowest BCUT2D eigenvalue weighted by atomic mass is 9.97. The number of methoxy groups -OCH3 is 1. The molecule has 2 unspecified atom stereocenters. The smallest absolute Gasteiger partial charge is 0.352 e. The first-order valence-corrected chi connectivity index (χ1v) is 14.3. The Morgan fingerprint density at radius 1 is 1.39 bits per heavy atom. The molecule has 2 aliphatic rings. The summed E-state index contributed by atoms with van der Waals surface area (Å²) in [7, 11) is 1.27. The molecule has 4 rings (SSSR count). The summed E-state index contributed by atoms with van der Waals surface area (Å²) < 4.78 is 5.55. The highest BCUT2D eigenvalue weighted by Gasteiger charge is 2.67. The summed E-state index contributed by atoms with van der Waals surface area (Å²) in [6.07, 6.45) is 1.52. The molecule has 0 bridgehead atoms. The highest BCUT2D eigenvalue weighted by Crippen LogP contribution is 2.47. The molecule has 204 valence electrons. The van der Waals surface area contributed by atoms with Gasteiger partial charge in [0.1, 0.15) is 22.1 Å². The van der Waals surface area contributed by atoms with Gasteiger partial charge in [0.2, 0.25) is 0 Å².